The van der Waals surface area contributed by atoms with Gasteiger partial charge in [0.05, 0.1) is 30.2 Å². The van der Waals surface area contributed by atoms with E-state index in [0.29, 0.717) is 31.9 Å². The van der Waals surface area contributed by atoms with Gasteiger partial charge < -0.3 is 24.8 Å². The van der Waals surface area contributed by atoms with E-state index in [1.54, 1.807) is 12.3 Å². The highest BCUT2D eigenvalue weighted by molar-refractivity contribution is 5.76. The third kappa shape index (κ3) is 3.86. The van der Waals surface area contributed by atoms with E-state index >= 15 is 0 Å². The Morgan fingerprint density at radius 1 is 1.30 bits per heavy atom. The van der Waals surface area contributed by atoms with Crippen molar-refractivity contribution >= 4 is 17.4 Å². The van der Waals surface area contributed by atoms with Crippen molar-refractivity contribution in [3.8, 4) is 5.75 Å². The number of hydrogen-bond acceptors (Lipinski definition) is 5. The summed E-state index contributed by atoms with van der Waals surface area (Å²) in [6, 6.07) is 7.30. The first-order valence-electron chi connectivity index (χ1n) is 10.3. The number of halogens is 1. The Bertz CT molecular complexity index is 924. The van der Waals surface area contributed by atoms with E-state index in [0.717, 1.165) is 23.5 Å². The summed E-state index contributed by atoms with van der Waals surface area (Å²) in [6.07, 6.45) is 2.81. The zero-order chi connectivity index (χ0) is 21.3. The van der Waals surface area contributed by atoms with Crippen LogP contribution >= 0.6 is 0 Å². The Hall–Kier alpha value is -3.03. The van der Waals surface area contributed by atoms with Crippen LogP contribution in [0.2, 0.25) is 0 Å². The van der Waals surface area contributed by atoms with Crippen molar-refractivity contribution in [1.82, 2.24) is 15.2 Å². The fourth-order valence-corrected chi connectivity index (χ4v) is 4.27. The third-order valence-electron chi connectivity index (χ3n) is 5.88. The van der Waals surface area contributed by atoms with Crippen molar-refractivity contribution in [3.05, 3.63) is 48.0 Å². The minimum Gasteiger partial charge on any atom is -0.490 e. The van der Waals surface area contributed by atoms with E-state index in [1.165, 1.54) is 6.20 Å². The summed E-state index contributed by atoms with van der Waals surface area (Å²) in [7, 11) is 2.04. The zero-order valence-corrected chi connectivity index (χ0v) is 17.6. The van der Waals surface area contributed by atoms with E-state index in [1.807, 2.05) is 48.9 Å². The Labute approximate surface area is 176 Å². The number of hydrogen-bond donors (Lipinski definition) is 1. The van der Waals surface area contributed by atoms with Gasteiger partial charge in [0.1, 0.15) is 12.4 Å². The maximum Gasteiger partial charge on any atom is 0.318 e. The van der Waals surface area contributed by atoms with Crippen LogP contribution in [0, 0.1) is 5.82 Å². The molecule has 4 rings (SSSR count). The van der Waals surface area contributed by atoms with Crippen molar-refractivity contribution in [3.63, 3.8) is 0 Å². The number of fused-ring (bicyclic) bond motifs is 1. The average Bonchev–Trinajstić information content (AvgIpc) is 2.73. The summed E-state index contributed by atoms with van der Waals surface area (Å²) in [6.45, 7) is 7.12. The van der Waals surface area contributed by atoms with Gasteiger partial charge in [-0.1, -0.05) is 12.1 Å². The molecule has 0 aliphatic carbocycles. The molecule has 2 aliphatic rings. The number of para-hydroxylation sites is 1. The topological polar surface area (TPSA) is 60.9 Å². The van der Waals surface area contributed by atoms with E-state index in [4.69, 9.17) is 4.74 Å². The summed E-state index contributed by atoms with van der Waals surface area (Å²) in [4.78, 5) is 22.8. The van der Waals surface area contributed by atoms with Gasteiger partial charge in [-0.15, -0.1) is 0 Å². The normalized spacial score (nSPS) is 19.7. The molecule has 2 atom stereocenters. The molecule has 1 N–H and O–H groups in total. The van der Waals surface area contributed by atoms with Crippen LogP contribution in [-0.2, 0) is 0 Å². The molecule has 2 amide bonds. The average molecular weight is 413 g/mol. The van der Waals surface area contributed by atoms with Gasteiger partial charge in [-0.25, -0.2) is 9.18 Å². The molecule has 1 fully saturated rings. The highest BCUT2D eigenvalue weighted by Crippen LogP contribution is 2.37. The number of anilines is 2. The first-order chi connectivity index (χ1) is 14.5. The number of carbonyl (C=O) groups excluding carboxylic acids is 1. The van der Waals surface area contributed by atoms with Crippen LogP contribution in [0.4, 0.5) is 20.6 Å². The minimum atomic E-state index is -0.337. The number of nitrogens with zero attached hydrogens (tertiary/aromatic N) is 4. The predicted molar refractivity (Wildman–Crippen MR) is 115 cm³/mol. The number of piperazine rings is 1. The number of aromatic nitrogens is 1. The Morgan fingerprint density at radius 2 is 2.13 bits per heavy atom. The van der Waals surface area contributed by atoms with E-state index in [-0.39, 0.29) is 23.9 Å². The van der Waals surface area contributed by atoms with Gasteiger partial charge in [-0.2, -0.15) is 0 Å². The second kappa shape index (κ2) is 8.38. The highest BCUT2D eigenvalue weighted by atomic mass is 19.1. The van der Waals surface area contributed by atoms with Crippen LogP contribution < -0.4 is 19.9 Å². The van der Waals surface area contributed by atoms with Crippen molar-refractivity contribution in [2.45, 2.75) is 25.9 Å². The van der Waals surface area contributed by atoms with E-state index < -0.39 is 0 Å². The monoisotopic (exact) mass is 413 g/mol. The van der Waals surface area contributed by atoms with Crippen LogP contribution in [0.15, 0.2) is 36.7 Å². The van der Waals surface area contributed by atoms with Gasteiger partial charge in [-0.05, 0) is 26.0 Å². The zero-order valence-electron chi connectivity index (χ0n) is 17.6. The van der Waals surface area contributed by atoms with Crippen LogP contribution in [0.1, 0.15) is 25.5 Å². The lowest BCUT2D eigenvalue weighted by Crippen LogP contribution is -2.57. The molecular formula is C22H28FN5O2. The quantitative estimate of drug-likeness (QED) is 0.838. The molecular weight excluding hydrogens is 385 g/mol. The second-order valence-electron chi connectivity index (χ2n) is 7.95. The Kier molecular flexibility index (Phi) is 5.65. The predicted octanol–water partition coefficient (Wildman–Crippen LogP) is 3.03. The standard InChI is InChI=1S/C22H28FN5O2/c1-15-14-27(19-7-8-24-13-18(19)23)9-10-28(15)22(29)25-16(2)17-5-4-6-20-21(17)26(3)11-12-30-20/h4-8,13,15-16H,9-12,14H2,1-3H3,(H,25,29)/t15-,16+/m1/s1. The lowest BCUT2D eigenvalue weighted by Gasteiger charge is -2.41. The summed E-state index contributed by atoms with van der Waals surface area (Å²) in [5.41, 5.74) is 2.60. The van der Waals surface area contributed by atoms with E-state index in [2.05, 4.69) is 15.2 Å². The van der Waals surface area contributed by atoms with Gasteiger partial charge in [0.15, 0.2) is 5.82 Å². The van der Waals surface area contributed by atoms with Gasteiger partial charge in [-0.3, -0.25) is 4.98 Å². The molecule has 0 unspecified atom stereocenters. The van der Waals surface area contributed by atoms with Crippen molar-refractivity contribution in [2.75, 3.05) is 49.6 Å². The summed E-state index contributed by atoms with van der Waals surface area (Å²) in [5.74, 6) is 0.514. The van der Waals surface area contributed by atoms with Gasteiger partial charge in [0.2, 0.25) is 0 Å². The molecule has 1 saturated heterocycles. The molecule has 1 aromatic heterocycles. The number of ether oxygens (including phenoxy) is 1. The number of amides is 2. The summed E-state index contributed by atoms with van der Waals surface area (Å²) in [5, 5.41) is 3.14. The smallest absolute Gasteiger partial charge is 0.318 e. The second-order valence-corrected chi connectivity index (χ2v) is 7.95. The molecule has 3 heterocycles. The number of benzene rings is 1. The fourth-order valence-electron chi connectivity index (χ4n) is 4.27. The molecule has 160 valence electrons. The molecule has 7 nitrogen and oxygen atoms in total. The largest absolute Gasteiger partial charge is 0.490 e. The summed E-state index contributed by atoms with van der Waals surface area (Å²) < 4.78 is 19.9. The minimum absolute atomic E-state index is 0.0470. The molecule has 2 aromatic rings. The van der Waals surface area contributed by atoms with Crippen LogP contribution in [0.5, 0.6) is 5.75 Å². The molecule has 2 aliphatic heterocycles. The third-order valence-corrected chi connectivity index (χ3v) is 5.88. The number of likely N-dealkylation sites (N-methyl/N-ethyl adjacent to an activating group) is 1. The van der Waals surface area contributed by atoms with Crippen molar-refractivity contribution < 1.29 is 13.9 Å². The first-order valence-corrected chi connectivity index (χ1v) is 10.3. The maximum absolute atomic E-state index is 14.1. The molecule has 0 radical (unpaired) electrons. The molecule has 0 spiro atoms. The Balaban J connectivity index is 1.43. The molecule has 0 saturated carbocycles. The lowest BCUT2D eigenvalue weighted by atomic mass is 10.0. The highest BCUT2D eigenvalue weighted by Gasteiger charge is 2.30. The number of urea groups is 1. The number of pyridine rings is 1. The van der Waals surface area contributed by atoms with Gasteiger partial charge >= 0.3 is 6.03 Å². The molecule has 8 heteroatoms. The molecule has 30 heavy (non-hydrogen) atoms. The number of rotatable bonds is 3. The number of nitrogens with one attached hydrogen (secondary N) is 1. The van der Waals surface area contributed by atoms with Crippen LogP contribution in [0.25, 0.3) is 0 Å². The van der Waals surface area contributed by atoms with Gasteiger partial charge in [0.25, 0.3) is 0 Å². The molecule has 1 aromatic carbocycles. The van der Waals surface area contributed by atoms with Crippen LogP contribution in [-0.4, -0.2) is 61.8 Å². The van der Waals surface area contributed by atoms with Crippen molar-refractivity contribution in [2.24, 2.45) is 0 Å². The van der Waals surface area contributed by atoms with Crippen molar-refractivity contribution in [1.29, 1.82) is 0 Å². The number of carbonyl (C=O) groups is 1. The summed E-state index contributed by atoms with van der Waals surface area (Å²) >= 11 is 0. The molecule has 0 bridgehead atoms. The first kappa shape index (κ1) is 20.3. The van der Waals surface area contributed by atoms with Gasteiger partial charge in [0, 0.05) is 44.5 Å². The van der Waals surface area contributed by atoms with Crippen LogP contribution in [0.3, 0.4) is 0 Å². The fraction of sp³-hybridized carbons (Fsp3) is 0.455. The maximum atomic E-state index is 14.1. The van der Waals surface area contributed by atoms with E-state index in [9.17, 15) is 9.18 Å². The SMILES string of the molecule is C[C@H](NC(=O)N1CCN(c2ccncc2F)C[C@H]1C)c1cccc2c1N(C)CCO2. The lowest BCUT2D eigenvalue weighted by molar-refractivity contribution is 0.168. The Morgan fingerprint density at radius 3 is 2.90 bits per heavy atom.